The molecule has 0 radical (unpaired) electrons. The third-order valence-electron chi connectivity index (χ3n) is 3.47. The van der Waals surface area contributed by atoms with Gasteiger partial charge in [-0.05, 0) is 25.2 Å². The van der Waals surface area contributed by atoms with Crippen LogP contribution in [0.3, 0.4) is 0 Å². The van der Waals surface area contributed by atoms with Crippen LogP contribution < -0.4 is 5.32 Å². The first-order valence-electron chi connectivity index (χ1n) is 5.61. The summed E-state index contributed by atoms with van der Waals surface area (Å²) in [6, 6.07) is 1.49. The molecule has 1 aromatic heterocycles. The smallest absolute Gasteiger partial charge is 0.115 e. The van der Waals surface area contributed by atoms with Gasteiger partial charge in [-0.3, -0.25) is 0 Å². The third-order valence-corrected chi connectivity index (χ3v) is 3.47. The van der Waals surface area contributed by atoms with Gasteiger partial charge in [0.25, 0.3) is 0 Å². The Balaban J connectivity index is 1.68. The second-order valence-corrected chi connectivity index (χ2v) is 4.48. The SMILES string of the molecule is C(=C\C1CC2CCC1N2)/c1cncnc1. The van der Waals surface area contributed by atoms with Crippen LogP contribution in [0.2, 0.25) is 0 Å². The highest BCUT2D eigenvalue weighted by atomic mass is 15.0. The van der Waals surface area contributed by atoms with E-state index in [9.17, 15) is 0 Å². The van der Waals surface area contributed by atoms with E-state index in [-0.39, 0.29) is 0 Å². The van der Waals surface area contributed by atoms with E-state index in [2.05, 4.69) is 27.4 Å². The maximum atomic E-state index is 4.00. The fourth-order valence-electron chi connectivity index (χ4n) is 2.71. The standard InChI is InChI=1S/C12H15N3/c1(9-6-13-8-14-7-9)2-10-5-11-3-4-12(10)15-11/h1-2,6-8,10-12,15H,3-5H2/b2-1+. The van der Waals surface area contributed by atoms with Gasteiger partial charge in [-0.2, -0.15) is 0 Å². The van der Waals surface area contributed by atoms with Crippen molar-refractivity contribution in [1.29, 1.82) is 0 Å². The van der Waals surface area contributed by atoms with Gasteiger partial charge in [-0.25, -0.2) is 9.97 Å². The van der Waals surface area contributed by atoms with E-state index in [4.69, 9.17) is 0 Å². The largest absolute Gasteiger partial charge is 0.311 e. The van der Waals surface area contributed by atoms with Crippen LogP contribution in [0, 0.1) is 5.92 Å². The van der Waals surface area contributed by atoms with Crippen molar-refractivity contribution in [2.24, 2.45) is 5.92 Å². The lowest BCUT2D eigenvalue weighted by Crippen LogP contribution is -2.21. The minimum atomic E-state index is 0.712. The highest BCUT2D eigenvalue weighted by molar-refractivity contribution is 5.46. The summed E-state index contributed by atoms with van der Waals surface area (Å²) in [5.41, 5.74) is 1.10. The summed E-state index contributed by atoms with van der Waals surface area (Å²) in [4.78, 5) is 8.00. The fraction of sp³-hybridized carbons (Fsp3) is 0.500. The zero-order valence-electron chi connectivity index (χ0n) is 8.63. The number of nitrogens with zero attached hydrogens (tertiary/aromatic N) is 2. The van der Waals surface area contributed by atoms with Crippen LogP contribution in [0.4, 0.5) is 0 Å². The fourth-order valence-corrected chi connectivity index (χ4v) is 2.71. The average Bonchev–Trinajstić information content (AvgIpc) is 2.89. The molecule has 2 aliphatic heterocycles. The number of hydrogen-bond acceptors (Lipinski definition) is 3. The molecule has 0 spiro atoms. The molecule has 0 saturated carbocycles. The quantitative estimate of drug-likeness (QED) is 0.790. The van der Waals surface area contributed by atoms with Crippen molar-refractivity contribution in [3.8, 4) is 0 Å². The third kappa shape index (κ3) is 1.79. The highest BCUT2D eigenvalue weighted by Crippen LogP contribution is 2.34. The van der Waals surface area contributed by atoms with Crippen molar-refractivity contribution in [3.05, 3.63) is 30.4 Å². The molecule has 78 valence electrons. The molecular weight excluding hydrogens is 186 g/mol. The van der Waals surface area contributed by atoms with Crippen LogP contribution >= 0.6 is 0 Å². The molecule has 3 nitrogen and oxygen atoms in total. The lowest BCUT2D eigenvalue weighted by atomic mass is 9.89. The Kier molecular flexibility index (Phi) is 2.25. The Morgan fingerprint density at radius 1 is 1.27 bits per heavy atom. The molecule has 2 aliphatic rings. The Bertz CT molecular complexity index is 360. The maximum absolute atomic E-state index is 4.00. The van der Waals surface area contributed by atoms with Crippen LogP contribution in [-0.2, 0) is 0 Å². The van der Waals surface area contributed by atoms with Crippen molar-refractivity contribution in [1.82, 2.24) is 15.3 Å². The molecule has 3 unspecified atom stereocenters. The molecule has 0 aliphatic carbocycles. The van der Waals surface area contributed by atoms with E-state index in [0.717, 1.165) is 17.6 Å². The van der Waals surface area contributed by atoms with Gasteiger partial charge in [0, 0.05) is 30.0 Å². The number of nitrogens with one attached hydrogen (secondary N) is 1. The predicted octanol–water partition coefficient (Wildman–Crippen LogP) is 1.63. The Morgan fingerprint density at radius 3 is 2.80 bits per heavy atom. The second kappa shape index (κ2) is 3.74. The Hall–Kier alpha value is -1.22. The molecule has 0 amide bonds. The first kappa shape index (κ1) is 9.04. The number of aromatic nitrogens is 2. The van der Waals surface area contributed by atoms with E-state index in [0.29, 0.717) is 5.92 Å². The molecule has 3 rings (SSSR count). The Labute approximate surface area is 89.6 Å². The van der Waals surface area contributed by atoms with Gasteiger partial charge in [0.15, 0.2) is 0 Å². The molecule has 3 heterocycles. The number of rotatable bonds is 2. The van der Waals surface area contributed by atoms with Crippen LogP contribution in [0.5, 0.6) is 0 Å². The topological polar surface area (TPSA) is 37.8 Å². The summed E-state index contributed by atoms with van der Waals surface area (Å²) < 4.78 is 0. The number of hydrogen-bond donors (Lipinski definition) is 1. The average molecular weight is 201 g/mol. The molecule has 0 aromatic carbocycles. The molecular formula is C12H15N3. The normalized spacial score (nSPS) is 34.0. The summed E-state index contributed by atoms with van der Waals surface area (Å²) >= 11 is 0. The lowest BCUT2D eigenvalue weighted by molar-refractivity contribution is 0.481. The van der Waals surface area contributed by atoms with Crippen LogP contribution in [0.25, 0.3) is 6.08 Å². The summed E-state index contributed by atoms with van der Waals surface area (Å²) in [5.74, 6) is 0.712. The van der Waals surface area contributed by atoms with Crippen LogP contribution in [0.1, 0.15) is 24.8 Å². The summed E-state index contributed by atoms with van der Waals surface area (Å²) in [5, 5.41) is 3.63. The minimum Gasteiger partial charge on any atom is -0.311 e. The second-order valence-electron chi connectivity index (χ2n) is 4.48. The van der Waals surface area contributed by atoms with Crippen molar-refractivity contribution in [2.45, 2.75) is 31.3 Å². The van der Waals surface area contributed by atoms with Gasteiger partial charge in [0.1, 0.15) is 6.33 Å². The van der Waals surface area contributed by atoms with Gasteiger partial charge >= 0.3 is 0 Å². The van der Waals surface area contributed by atoms with E-state index in [1.807, 2.05) is 12.4 Å². The van der Waals surface area contributed by atoms with Gasteiger partial charge in [-0.1, -0.05) is 12.2 Å². The molecule has 1 N–H and O–H groups in total. The zero-order valence-corrected chi connectivity index (χ0v) is 8.63. The molecule has 1 aromatic rings. The lowest BCUT2D eigenvalue weighted by Gasteiger charge is -2.15. The highest BCUT2D eigenvalue weighted by Gasteiger charge is 2.37. The zero-order chi connectivity index (χ0) is 10.1. The summed E-state index contributed by atoms with van der Waals surface area (Å²) in [6.45, 7) is 0. The molecule has 2 fully saturated rings. The first-order valence-corrected chi connectivity index (χ1v) is 5.61. The van der Waals surface area contributed by atoms with Crippen molar-refractivity contribution >= 4 is 6.08 Å². The van der Waals surface area contributed by atoms with Gasteiger partial charge in [0.2, 0.25) is 0 Å². The van der Waals surface area contributed by atoms with Gasteiger partial charge in [0.05, 0.1) is 0 Å². The van der Waals surface area contributed by atoms with E-state index in [1.165, 1.54) is 19.3 Å². The van der Waals surface area contributed by atoms with Crippen LogP contribution in [-0.4, -0.2) is 22.1 Å². The molecule has 15 heavy (non-hydrogen) atoms. The number of fused-ring (bicyclic) bond motifs is 2. The summed E-state index contributed by atoms with van der Waals surface area (Å²) in [7, 11) is 0. The van der Waals surface area contributed by atoms with Crippen molar-refractivity contribution in [3.63, 3.8) is 0 Å². The molecule has 2 saturated heterocycles. The molecule has 3 atom stereocenters. The Morgan fingerprint density at radius 2 is 2.13 bits per heavy atom. The monoisotopic (exact) mass is 201 g/mol. The predicted molar refractivity (Wildman–Crippen MR) is 59.1 cm³/mol. The molecule has 3 heteroatoms. The van der Waals surface area contributed by atoms with E-state index in [1.54, 1.807) is 6.33 Å². The molecule has 2 bridgehead atoms. The summed E-state index contributed by atoms with van der Waals surface area (Å²) in [6.07, 6.45) is 13.7. The maximum Gasteiger partial charge on any atom is 0.115 e. The first-order chi connectivity index (χ1) is 7.42. The minimum absolute atomic E-state index is 0.712. The van der Waals surface area contributed by atoms with Crippen molar-refractivity contribution < 1.29 is 0 Å². The van der Waals surface area contributed by atoms with E-state index >= 15 is 0 Å². The van der Waals surface area contributed by atoms with Crippen LogP contribution in [0.15, 0.2) is 24.8 Å². The van der Waals surface area contributed by atoms with Gasteiger partial charge < -0.3 is 5.32 Å². The van der Waals surface area contributed by atoms with E-state index < -0.39 is 0 Å². The van der Waals surface area contributed by atoms with Crippen molar-refractivity contribution in [2.75, 3.05) is 0 Å². The van der Waals surface area contributed by atoms with Gasteiger partial charge in [-0.15, -0.1) is 0 Å².